The van der Waals surface area contributed by atoms with Crippen LogP contribution in [0.3, 0.4) is 0 Å². The van der Waals surface area contributed by atoms with Crippen molar-refractivity contribution in [2.24, 2.45) is 5.41 Å². The molecule has 0 radical (unpaired) electrons. The van der Waals surface area contributed by atoms with Crippen LogP contribution in [0.5, 0.6) is 0 Å². The van der Waals surface area contributed by atoms with E-state index in [0.29, 0.717) is 44.0 Å². The number of pyridine rings is 1. The number of hydrogen-bond acceptors (Lipinski definition) is 7. The number of nitrogens with one attached hydrogen (secondary N) is 4. The molecule has 3 aromatic heterocycles. The van der Waals surface area contributed by atoms with Gasteiger partial charge in [0.2, 0.25) is 5.91 Å². The van der Waals surface area contributed by atoms with E-state index in [1.807, 2.05) is 24.0 Å². The van der Waals surface area contributed by atoms with Gasteiger partial charge in [-0.1, -0.05) is 6.07 Å². The van der Waals surface area contributed by atoms with Gasteiger partial charge < -0.3 is 25.3 Å². The summed E-state index contributed by atoms with van der Waals surface area (Å²) < 4.78 is 1.78. The fourth-order valence-electron chi connectivity index (χ4n) is 9.04. The number of urea groups is 1. The zero-order chi connectivity index (χ0) is 33.5. The zero-order valence-electron chi connectivity index (χ0n) is 28.4. The van der Waals surface area contributed by atoms with Crippen LogP contribution in [-0.4, -0.2) is 116 Å². The first-order valence-corrected chi connectivity index (χ1v) is 18.1. The average molecular weight is 669 g/mol. The van der Waals surface area contributed by atoms with E-state index in [-0.39, 0.29) is 29.1 Å². The van der Waals surface area contributed by atoms with Crippen LogP contribution in [0.1, 0.15) is 62.1 Å². The standard InChI is InChI=1S/C36H48N10O3/c1-24-19-25(20-26-22-39-42-31(24)26)21-29(33(47)45-18-10-36(23-45)8-16-43(17-9-36)27-4-12-37-13-5-27)40-34(48)44-14-6-28(7-15-44)46-30-3-2-11-38-32(30)41-35(46)49/h2-3,11,19-20,22,27-29,37H,4-10,12-18,21,23H2,1H3,(H,39,42)(H,40,48)(H,38,41,49)/t29-/m0/s1. The van der Waals surface area contributed by atoms with Gasteiger partial charge >= 0.3 is 11.7 Å². The summed E-state index contributed by atoms with van der Waals surface area (Å²) in [4.78, 5) is 54.7. The van der Waals surface area contributed by atoms with Gasteiger partial charge in [0.25, 0.3) is 0 Å². The van der Waals surface area contributed by atoms with Crippen molar-refractivity contribution in [1.29, 1.82) is 0 Å². The number of fused-ring (bicyclic) bond motifs is 2. The number of rotatable bonds is 6. The van der Waals surface area contributed by atoms with E-state index in [1.54, 1.807) is 21.9 Å². The van der Waals surface area contributed by atoms with Gasteiger partial charge in [0, 0.05) is 56.3 Å². The highest BCUT2D eigenvalue weighted by Gasteiger charge is 2.44. The van der Waals surface area contributed by atoms with Crippen LogP contribution < -0.4 is 16.3 Å². The van der Waals surface area contributed by atoms with Crippen LogP contribution >= 0.6 is 0 Å². The largest absolute Gasteiger partial charge is 0.340 e. The maximum Gasteiger partial charge on any atom is 0.327 e. The van der Waals surface area contributed by atoms with Gasteiger partial charge in [0.05, 0.1) is 17.2 Å². The van der Waals surface area contributed by atoms with E-state index >= 15 is 0 Å². The van der Waals surface area contributed by atoms with Gasteiger partial charge in [-0.05, 0) is 113 Å². The molecule has 1 spiro atoms. The molecule has 49 heavy (non-hydrogen) atoms. The second-order valence-electron chi connectivity index (χ2n) is 14.9. The number of likely N-dealkylation sites (tertiary alicyclic amines) is 3. The molecule has 4 aliphatic heterocycles. The second kappa shape index (κ2) is 13.2. The molecule has 7 heterocycles. The number of benzene rings is 1. The minimum atomic E-state index is -0.679. The summed E-state index contributed by atoms with van der Waals surface area (Å²) in [5.41, 5.74) is 4.40. The van der Waals surface area contributed by atoms with Crippen LogP contribution in [0.25, 0.3) is 22.1 Å². The highest BCUT2D eigenvalue weighted by molar-refractivity contribution is 5.88. The molecule has 4 fully saturated rings. The number of amides is 3. The number of piperidine rings is 3. The Balaban J connectivity index is 0.954. The van der Waals surface area contributed by atoms with E-state index < -0.39 is 6.04 Å². The fraction of sp³-hybridized carbons (Fsp3) is 0.583. The first kappa shape index (κ1) is 32.0. The fourth-order valence-corrected chi connectivity index (χ4v) is 9.04. The Hall–Kier alpha value is -4.23. The lowest BCUT2D eigenvalue weighted by molar-refractivity contribution is -0.132. The number of aromatic nitrogens is 5. The number of carbonyl (C=O) groups is 2. The molecule has 4 N–H and O–H groups in total. The molecule has 0 aliphatic carbocycles. The normalized spacial score (nSPS) is 21.6. The molecule has 4 aromatic rings. The Morgan fingerprint density at radius 3 is 2.57 bits per heavy atom. The first-order chi connectivity index (χ1) is 23.9. The van der Waals surface area contributed by atoms with E-state index in [2.05, 4.69) is 47.8 Å². The SMILES string of the molecule is Cc1cc(C[C@H](NC(=O)N2CCC(n3c(=O)[nH]c4ncccc43)CC2)C(=O)N2CCC3(CCN(C4CCNCC4)CC3)C2)cc2cn[nH]c12. The van der Waals surface area contributed by atoms with Gasteiger partial charge in [-0.25, -0.2) is 14.6 Å². The molecule has 1 atom stereocenters. The molecule has 13 nitrogen and oxygen atoms in total. The average Bonchev–Trinajstić information content (AvgIpc) is 3.86. The molecule has 13 heteroatoms. The number of imidazole rings is 1. The van der Waals surface area contributed by atoms with Crippen LogP contribution in [0.2, 0.25) is 0 Å². The van der Waals surface area contributed by atoms with Crippen molar-refractivity contribution >= 4 is 34.0 Å². The van der Waals surface area contributed by atoms with E-state index in [0.717, 1.165) is 86.1 Å². The third-order valence-corrected chi connectivity index (χ3v) is 11.9. The third kappa shape index (κ3) is 6.34. The van der Waals surface area contributed by atoms with Crippen molar-refractivity contribution in [3.05, 3.63) is 58.3 Å². The monoisotopic (exact) mass is 668 g/mol. The van der Waals surface area contributed by atoms with Gasteiger partial charge in [0.15, 0.2) is 5.65 Å². The highest BCUT2D eigenvalue weighted by atomic mass is 16.2. The van der Waals surface area contributed by atoms with Crippen LogP contribution in [0.15, 0.2) is 41.5 Å². The number of aryl methyl sites for hydroxylation is 1. The second-order valence-corrected chi connectivity index (χ2v) is 14.9. The molecule has 0 bridgehead atoms. The molecule has 0 saturated carbocycles. The maximum atomic E-state index is 14.4. The van der Waals surface area contributed by atoms with Crippen LogP contribution in [0, 0.1) is 12.3 Å². The summed E-state index contributed by atoms with van der Waals surface area (Å²) >= 11 is 0. The predicted molar refractivity (Wildman–Crippen MR) is 187 cm³/mol. The summed E-state index contributed by atoms with van der Waals surface area (Å²) in [5.74, 6) is 0.00341. The van der Waals surface area contributed by atoms with Crippen molar-refractivity contribution < 1.29 is 9.59 Å². The van der Waals surface area contributed by atoms with E-state index in [4.69, 9.17) is 0 Å². The third-order valence-electron chi connectivity index (χ3n) is 11.9. The topological polar surface area (TPSA) is 147 Å². The van der Waals surface area contributed by atoms with Crippen molar-refractivity contribution in [2.75, 3.05) is 52.4 Å². The Kier molecular flexibility index (Phi) is 8.65. The molecule has 0 unspecified atom stereocenters. The summed E-state index contributed by atoms with van der Waals surface area (Å²) in [6.07, 6.45) is 10.9. The minimum Gasteiger partial charge on any atom is -0.340 e. The summed E-state index contributed by atoms with van der Waals surface area (Å²) in [6.45, 7) is 8.95. The number of carbonyl (C=O) groups excluding carboxylic acids is 2. The van der Waals surface area contributed by atoms with Crippen molar-refractivity contribution in [3.8, 4) is 0 Å². The van der Waals surface area contributed by atoms with E-state index in [9.17, 15) is 14.4 Å². The number of nitrogens with zero attached hydrogens (tertiary/aromatic N) is 6. The molecule has 8 rings (SSSR count). The number of aromatic amines is 2. The van der Waals surface area contributed by atoms with Gasteiger partial charge in [0.1, 0.15) is 6.04 Å². The smallest absolute Gasteiger partial charge is 0.327 e. The first-order valence-electron chi connectivity index (χ1n) is 18.1. The molecule has 4 saturated heterocycles. The molecule has 260 valence electrons. The quantitative estimate of drug-likeness (QED) is 0.247. The molecular formula is C36H48N10O3. The van der Waals surface area contributed by atoms with Gasteiger partial charge in [-0.2, -0.15) is 5.10 Å². The van der Waals surface area contributed by atoms with Crippen molar-refractivity contribution in [1.82, 2.24) is 50.1 Å². The lowest BCUT2D eigenvalue weighted by Gasteiger charge is -2.44. The number of H-pyrrole nitrogens is 2. The Morgan fingerprint density at radius 1 is 1.00 bits per heavy atom. The molecule has 3 amide bonds. The Morgan fingerprint density at radius 2 is 1.78 bits per heavy atom. The molecular weight excluding hydrogens is 620 g/mol. The lowest BCUT2D eigenvalue weighted by atomic mass is 9.77. The lowest BCUT2D eigenvalue weighted by Crippen LogP contribution is -2.54. The van der Waals surface area contributed by atoms with Crippen molar-refractivity contribution in [3.63, 3.8) is 0 Å². The summed E-state index contributed by atoms with van der Waals surface area (Å²) in [5, 5.41) is 14.9. The van der Waals surface area contributed by atoms with Crippen LogP contribution in [-0.2, 0) is 11.2 Å². The Labute approximate surface area is 285 Å². The van der Waals surface area contributed by atoms with E-state index in [1.165, 1.54) is 12.8 Å². The predicted octanol–water partition coefficient (Wildman–Crippen LogP) is 2.93. The number of hydrogen-bond donors (Lipinski definition) is 4. The summed E-state index contributed by atoms with van der Waals surface area (Å²) in [6, 6.07) is 7.64. The maximum absolute atomic E-state index is 14.4. The molecule has 1 aromatic carbocycles. The highest BCUT2D eigenvalue weighted by Crippen LogP contribution is 2.41. The van der Waals surface area contributed by atoms with Crippen molar-refractivity contribution in [2.45, 2.75) is 76.4 Å². The van der Waals surface area contributed by atoms with Gasteiger partial charge in [-0.3, -0.25) is 19.4 Å². The summed E-state index contributed by atoms with van der Waals surface area (Å²) in [7, 11) is 0. The minimum absolute atomic E-state index is 0.00341. The molecule has 4 aliphatic rings. The van der Waals surface area contributed by atoms with Gasteiger partial charge in [-0.15, -0.1) is 0 Å². The van der Waals surface area contributed by atoms with Crippen LogP contribution in [0.4, 0.5) is 4.79 Å². The Bertz CT molecular complexity index is 1870. The zero-order valence-corrected chi connectivity index (χ0v) is 28.4.